The van der Waals surface area contributed by atoms with E-state index in [1.165, 1.54) is 16.5 Å². The first-order chi connectivity index (χ1) is 14.5. The number of rotatable bonds is 3. The molecule has 7 nitrogen and oxygen atoms in total. The third-order valence-electron chi connectivity index (χ3n) is 5.45. The molecule has 5 rings (SSSR count). The van der Waals surface area contributed by atoms with Gasteiger partial charge in [0.2, 0.25) is 0 Å². The van der Waals surface area contributed by atoms with Gasteiger partial charge in [-0.3, -0.25) is 19.5 Å². The number of pyridine rings is 1. The molecule has 1 aliphatic heterocycles. The van der Waals surface area contributed by atoms with Gasteiger partial charge in [0, 0.05) is 22.8 Å². The van der Waals surface area contributed by atoms with E-state index in [0.717, 1.165) is 10.9 Å². The lowest BCUT2D eigenvalue weighted by molar-refractivity contribution is -0.133. The van der Waals surface area contributed by atoms with Crippen LogP contribution in [0.25, 0.3) is 10.8 Å². The van der Waals surface area contributed by atoms with E-state index in [2.05, 4.69) is 10.1 Å². The number of carbonyl (C=O) groups excluding carboxylic acids is 1. The quantitative estimate of drug-likeness (QED) is 0.573. The predicted octanol–water partition coefficient (Wildman–Crippen LogP) is 2.73. The molecule has 0 saturated heterocycles. The van der Waals surface area contributed by atoms with E-state index >= 15 is 0 Å². The third kappa shape index (κ3) is 2.71. The highest BCUT2D eigenvalue weighted by Gasteiger charge is 2.46. The molecule has 0 bridgehead atoms. The second kappa shape index (κ2) is 6.60. The summed E-state index contributed by atoms with van der Waals surface area (Å²) in [4.78, 5) is 31.3. The molecule has 0 spiro atoms. The van der Waals surface area contributed by atoms with Crippen molar-refractivity contribution < 1.29 is 9.90 Å². The van der Waals surface area contributed by atoms with Crippen molar-refractivity contribution in [1.82, 2.24) is 14.8 Å². The van der Waals surface area contributed by atoms with Gasteiger partial charge in [0.25, 0.3) is 11.5 Å². The molecule has 4 aromatic rings. The van der Waals surface area contributed by atoms with Crippen LogP contribution in [0.1, 0.15) is 18.1 Å². The van der Waals surface area contributed by atoms with Crippen LogP contribution in [-0.2, 0) is 16.9 Å². The number of hydrogen-bond acceptors (Lipinski definition) is 5. The zero-order valence-electron chi connectivity index (χ0n) is 16.2. The number of aromatic nitrogens is 3. The van der Waals surface area contributed by atoms with Crippen molar-refractivity contribution in [1.29, 1.82) is 0 Å². The maximum absolute atomic E-state index is 12.9. The van der Waals surface area contributed by atoms with Crippen LogP contribution in [0.4, 0.5) is 11.4 Å². The molecule has 1 unspecified atom stereocenters. The summed E-state index contributed by atoms with van der Waals surface area (Å²) in [5.74, 6) is -0.441. The van der Waals surface area contributed by atoms with Gasteiger partial charge in [-0.15, -0.1) is 0 Å². The van der Waals surface area contributed by atoms with E-state index in [9.17, 15) is 14.7 Å². The highest BCUT2D eigenvalue weighted by molar-refractivity contribution is 6.11. The number of amides is 1. The molecule has 2 aromatic carbocycles. The second-order valence-corrected chi connectivity index (χ2v) is 7.47. The third-order valence-corrected chi connectivity index (χ3v) is 5.45. The molecule has 2 aromatic heterocycles. The van der Waals surface area contributed by atoms with E-state index in [1.807, 2.05) is 36.4 Å². The van der Waals surface area contributed by atoms with E-state index in [1.54, 1.807) is 36.8 Å². The number of fused-ring (bicyclic) bond motifs is 2. The molecular weight excluding hydrogens is 380 g/mol. The Labute approximate surface area is 171 Å². The van der Waals surface area contributed by atoms with Crippen LogP contribution in [0.5, 0.6) is 0 Å². The summed E-state index contributed by atoms with van der Waals surface area (Å²) in [6, 6.07) is 16.3. The molecule has 0 fully saturated rings. The minimum Gasteiger partial charge on any atom is -0.375 e. The first-order valence-corrected chi connectivity index (χ1v) is 9.52. The Morgan fingerprint density at radius 2 is 1.87 bits per heavy atom. The highest BCUT2D eigenvalue weighted by atomic mass is 16.3. The van der Waals surface area contributed by atoms with Crippen molar-refractivity contribution >= 4 is 28.1 Å². The molecule has 0 aliphatic carbocycles. The largest absolute Gasteiger partial charge is 0.375 e. The van der Waals surface area contributed by atoms with Crippen LogP contribution in [0, 0.1) is 0 Å². The summed E-state index contributed by atoms with van der Waals surface area (Å²) < 4.78 is 1.40. The van der Waals surface area contributed by atoms with Gasteiger partial charge in [0.05, 0.1) is 30.0 Å². The highest BCUT2D eigenvalue weighted by Crippen LogP contribution is 2.43. The van der Waals surface area contributed by atoms with Crippen LogP contribution in [0.15, 0.2) is 78.0 Å². The summed E-state index contributed by atoms with van der Waals surface area (Å²) >= 11 is 0. The fourth-order valence-corrected chi connectivity index (χ4v) is 3.88. The number of nitrogens with zero attached hydrogens (tertiary/aromatic N) is 4. The van der Waals surface area contributed by atoms with Gasteiger partial charge in [0.15, 0.2) is 5.60 Å². The molecule has 30 heavy (non-hydrogen) atoms. The summed E-state index contributed by atoms with van der Waals surface area (Å²) in [6.45, 7) is 1.74. The number of hydrogen-bond donors (Lipinski definition) is 1. The zero-order valence-corrected chi connectivity index (χ0v) is 16.2. The molecule has 0 radical (unpaired) electrons. The van der Waals surface area contributed by atoms with Crippen LogP contribution in [0.3, 0.4) is 0 Å². The van der Waals surface area contributed by atoms with E-state index in [4.69, 9.17) is 0 Å². The normalized spacial score (nSPS) is 18.1. The van der Waals surface area contributed by atoms with Gasteiger partial charge in [-0.25, -0.2) is 4.68 Å². The van der Waals surface area contributed by atoms with E-state index in [-0.39, 0.29) is 12.1 Å². The fourth-order valence-electron chi connectivity index (χ4n) is 3.88. The molecule has 148 valence electrons. The molecule has 1 amide bonds. The number of benzene rings is 2. The molecule has 0 saturated carbocycles. The average Bonchev–Trinajstić information content (AvgIpc) is 2.96. The SMILES string of the molecule is CC1(O)C(=O)N(c2cccc(Cn3ncc4ccccc4c3=O)c2)c2cnccc21. The van der Waals surface area contributed by atoms with Crippen molar-refractivity contribution in [3.63, 3.8) is 0 Å². The van der Waals surface area contributed by atoms with Crippen molar-refractivity contribution in [3.05, 3.63) is 94.7 Å². The van der Waals surface area contributed by atoms with Crippen molar-refractivity contribution in [2.24, 2.45) is 0 Å². The first-order valence-electron chi connectivity index (χ1n) is 9.52. The minimum absolute atomic E-state index is 0.173. The Morgan fingerprint density at radius 3 is 2.73 bits per heavy atom. The molecular formula is C23H18N4O3. The van der Waals surface area contributed by atoms with Gasteiger partial charge in [-0.2, -0.15) is 5.10 Å². The van der Waals surface area contributed by atoms with Gasteiger partial charge < -0.3 is 5.11 Å². The zero-order chi connectivity index (χ0) is 20.9. The topological polar surface area (TPSA) is 88.3 Å². The van der Waals surface area contributed by atoms with Crippen LogP contribution < -0.4 is 10.5 Å². The Morgan fingerprint density at radius 1 is 1.03 bits per heavy atom. The van der Waals surface area contributed by atoms with Gasteiger partial charge >= 0.3 is 0 Å². The van der Waals surface area contributed by atoms with Crippen molar-refractivity contribution in [2.75, 3.05) is 4.90 Å². The summed E-state index contributed by atoms with van der Waals surface area (Å²) in [5.41, 5.74) is 0.671. The average molecular weight is 398 g/mol. The maximum Gasteiger partial charge on any atom is 0.274 e. The predicted molar refractivity (Wildman–Crippen MR) is 113 cm³/mol. The monoisotopic (exact) mass is 398 g/mol. The van der Waals surface area contributed by atoms with E-state index in [0.29, 0.717) is 22.3 Å². The van der Waals surface area contributed by atoms with Crippen LogP contribution >= 0.6 is 0 Å². The van der Waals surface area contributed by atoms with Crippen molar-refractivity contribution in [3.8, 4) is 0 Å². The smallest absolute Gasteiger partial charge is 0.274 e. The molecule has 7 heteroatoms. The second-order valence-electron chi connectivity index (χ2n) is 7.47. The summed E-state index contributed by atoms with van der Waals surface area (Å²) in [6.07, 6.45) is 4.79. The lowest BCUT2D eigenvalue weighted by Gasteiger charge is -2.20. The van der Waals surface area contributed by atoms with E-state index < -0.39 is 11.5 Å². The Balaban J connectivity index is 1.54. The summed E-state index contributed by atoms with van der Waals surface area (Å²) in [7, 11) is 0. The van der Waals surface area contributed by atoms with Crippen LogP contribution in [-0.4, -0.2) is 25.8 Å². The fraction of sp³-hybridized carbons (Fsp3) is 0.130. The maximum atomic E-state index is 12.9. The number of anilines is 2. The lowest BCUT2D eigenvalue weighted by Crippen LogP contribution is -2.35. The first kappa shape index (κ1) is 18.2. The summed E-state index contributed by atoms with van der Waals surface area (Å²) in [5, 5.41) is 16.4. The van der Waals surface area contributed by atoms with Crippen molar-refractivity contribution in [2.45, 2.75) is 19.1 Å². The Hall–Kier alpha value is -3.84. The van der Waals surface area contributed by atoms with Gasteiger partial charge in [-0.1, -0.05) is 30.3 Å². The molecule has 3 heterocycles. The molecule has 1 N–H and O–H groups in total. The standard InChI is InChI=1S/C23H18N4O3/c1-23(30)19-9-10-24-13-20(19)27(22(23)29)17-7-4-5-15(11-17)14-26-21(28)18-8-3-2-6-16(18)12-25-26/h2-13,30H,14H2,1H3. The van der Waals surface area contributed by atoms with Crippen LogP contribution in [0.2, 0.25) is 0 Å². The Bertz CT molecular complexity index is 1360. The lowest BCUT2D eigenvalue weighted by atomic mass is 9.99. The number of carbonyl (C=O) groups is 1. The molecule has 1 atom stereocenters. The minimum atomic E-state index is -1.62. The molecule has 1 aliphatic rings. The van der Waals surface area contributed by atoms with Gasteiger partial charge in [0.1, 0.15) is 0 Å². The Kier molecular flexibility index (Phi) is 4.01. The van der Waals surface area contributed by atoms with Gasteiger partial charge in [-0.05, 0) is 36.8 Å². The number of aliphatic hydroxyl groups is 1.